The Morgan fingerprint density at radius 2 is 2.17 bits per heavy atom. The average molecular weight is 389 g/mol. The van der Waals surface area contributed by atoms with E-state index < -0.39 is 0 Å². The number of benzene rings is 1. The van der Waals surface area contributed by atoms with E-state index in [0.29, 0.717) is 12.5 Å². The van der Waals surface area contributed by atoms with Crippen molar-refractivity contribution in [1.29, 1.82) is 0 Å². The molecule has 2 heterocycles. The highest BCUT2D eigenvalue weighted by Gasteiger charge is 2.27. The molecular weight excluding hydrogens is 368 g/mol. The zero-order valence-corrected chi connectivity index (χ0v) is 15.5. The number of piperidine rings is 1. The van der Waals surface area contributed by atoms with Crippen molar-refractivity contribution in [2.45, 2.75) is 26.7 Å². The SMILES string of the molecule is Cc1ccnc(N2CCCC(C(=O)Nc3ccc(Br)cc3C)C2)n1. The molecule has 0 spiro atoms. The smallest absolute Gasteiger partial charge is 0.229 e. The van der Waals surface area contributed by atoms with E-state index in [1.54, 1.807) is 6.20 Å². The number of nitrogens with one attached hydrogen (secondary N) is 1. The summed E-state index contributed by atoms with van der Waals surface area (Å²) in [6.45, 7) is 5.50. The van der Waals surface area contributed by atoms with Gasteiger partial charge < -0.3 is 10.2 Å². The standard InChI is InChI=1S/C18H21BrN4O/c1-12-10-15(19)5-6-16(12)22-17(24)14-4-3-9-23(11-14)18-20-8-7-13(2)21-18/h5-8,10,14H,3-4,9,11H2,1-2H3,(H,22,24). The summed E-state index contributed by atoms with van der Waals surface area (Å²) in [6, 6.07) is 7.76. The minimum atomic E-state index is -0.0501. The first-order valence-electron chi connectivity index (χ1n) is 8.14. The van der Waals surface area contributed by atoms with E-state index in [1.807, 2.05) is 38.1 Å². The van der Waals surface area contributed by atoms with Gasteiger partial charge in [-0.3, -0.25) is 4.79 Å². The number of halogens is 1. The Labute approximate surface area is 150 Å². The number of amides is 1. The van der Waals surface area contributed by atoms with Crippen LogP contribution >= 0.6 is 15.9 Å². The number of rotatable bonds is 3. The summed E-state index contributed by atoms with van der Waals surface area (Å²) in [5, 5.41) is 3.06. The molecule has 1 aromatic carbocycles. The van der Waals surface area contributed by atoms with Crippen molar-refractivity contribution < 1.29 is 4.79 Å². The monoisotopic (exact) mass is 388 g/mol. The lowest BCUT2D eigenvalue weighted by Crippen LogP contribution is -2.41. The molecule has 0 bridgehead atoms. The van der Waals surface area contributed by atoms with Crippen molar-refractivity contribution in [2.75, 3.05) is 23.3 Å². The number of carbonyl (C=O) groups is 1. The summed E-state index contributed by atoms with van der Waals surface area (Å²) < 4.78 is 1.01. The zero-order chi connectivity index (χ0) is 17.1. The van der Waals surface area contributed by atoms with Crippen LogP contribution in [0, 0.1) is 19.8 Å². The number of aryl methyl sites for hydroxylation is 2. The van der Waals surface area contributed by atoms with Gasteiger partial charge in [0, 0.05) is 35.1 Å². The molecule has 6 heteroatoms. The lowest BCUT2D eigenvalue weighted by molar-refractivity contribution is -0.120. The molecule has 1 N–H and O–H groups in total. The molecule has 1 atom stereocenters. The van der Waals surface area contributed by atoms with Crippen molar-refractivity contribution in [1.82, 2.24) is 9.97 Å². The van der Waals surface area contributed by atoms with Crippen LogP contribution in [-0.2, 0) is 4.79 Å². The Balaban J connectivity index is 1.69. The molecule has 1 aliphatic heterocycles. The van der Waals surface area contributed by atoms with Gasteiger partial charge in [-0.2, -0.15) is 0 Å². The highest BCUT2D eigenvalue weighted by atomic mass is 79.9. The van der Waals surface area contributed by atoms with Crippen LogP contribution in [0.2, 0.25) is 0 Å². The van der Waals surface area contributed by atoms with Crippen molar-refractivity contribution in [3.63, 3.8) is 0 Å². The van der Waals surface area contributed by atoms with Gasteiger partial charge in [-0.05, 0) is 56.5 Å². The van der Waals surface area contributed by atoms with Gasteiger partial charge >= 0.3 is 0 Å². The molecule has 0 radical (unpaired) electrons. The molecule has 0 aliphatic carbocycles. The van der Waals surface area contributed by atoms with Gasteiger partial charge in [-0.1, -0.05) is 15.9 Å². The number of hydrogen-bond donors (Lipinski definition) is 1. The maximum absolute atomic E-state index is 12.7. The maximum Gasteiger partial charge on any atom is 0.229 e. The minimum Gasteiger partial charge on any atom is -0.340 e. The molecule has 1 fully saturated rings. The normalized spacial score (nSPS) is 17.6. The molecule has 1 amide bonds. The number of hydrogen-bond acceptors (Lipinski definition) is 4. The second kappa shape index (κ2) is 7.30. The van der Waals surface area contributed by atoms with Crippen LogP contribution in [0.4, 0.5) is 11.6 Å². The number of carbonyl (C=O) groups excluding carboxylic acids is 1. The molecule has 1 unspecified atom stereocenters. The molecule has 1 saturated heterocycles. The molecular formula is C18H21BrN4O. The number of aromatic nitrogens is 2. The van der Waals surface area contributed by atoms with Gasteiger partial charge in [-0.15, -0.1) is 0 Å². The Hall–Kier alpha value is -1.95. The number of anilines is 2. The van der Waals surface area contributed by atoms with Crippen molar-refractivity contribution >= 4 is 33.5 Å². The van der Waals surface area contributed by atoms with Gasteiger partial charge in [0.15, 0.2) is 0 Å². The third kappa shape index (κ3) is 3.93. The lowest BCUT2D eigenvalue weighted by atomic mass is 9.97. The summed E-state index contributed by atoms with van der Waals surface area (Å²) >= 11 is 3.45. The fraction of sp³-hybridized carbons (Fsp3) is 0.389. The van der Waals surface area contributed by atoms with Crippen LogP contribution < -0.4 is 10.2 Å². The van der Waals surface area contributed by atoms with Gasteiger partial charge in [0.05, 0.1) is 5.92 Å². The van der Waals surface area contributed by atoms with E-state index in [4.69, 9.17) is 0 Å². The second-order valence-corrected chi connectivity index (χ2v) is 7.15. The minimum absolute atomic E-state index is 0.0501. The summed E-state index contributed by atoms with van der Waals surface area (Å²) in [5.41, 5.74) is 2.86. The highest BCUT2D eigenvalue weighted by Crippen LogP contribution is 2.24. The fourth-order valence-corrected chi connectivity index (χ4v) is 3.44. The number of nitrogens with zero attached hydrogens (tertiary/aromatic N) is 3. The van der Waals surface area contributed by atoms with Gasteiger partial charge in [0.2, 0.25) is 11.9 Å². The summed E-state index contributed by atoms with van der Waals surface area (Å²) in [7, 11) is 0. The van der Waals surface area contributed by atoms with Crippen LogP contribution in [0.25, 0.3) is 0 Å². The van der Waals surface area contributed by atoms with Crippen molar-refractivity contribution in [2.24, 2.45) is 5.92 Å². The summed E-state index contributed by atoms with van der Waals surface area (Å²) in [4.78, 5) is 23.6. The van der Waals surface area contributed by atoms with E-state index in [2.05, 4.69) is 36.1 Å². The first-order chi connectivity index (χ1) is 11.5. The van der Waals surface area contributed by atoms with Gasteiger partial charge in [0.1, 0.15) is 0 Å². The second-order valence-electron chi connectivity index (χ2n) is 6.23. The first kappa shape index (κ1) is 16.9. The Bertz CT molecular complexity index is 750. The third-order valence-electron chi connectivity index (χ3n) is 4.30. The summed E-state index contributed by atoms with van der Waals surface area (Å²) in [5.74, 6) is 0.732. The van der Waals surface area contributed by atoms with Crippen molar-refractivity contribution in [3.05, 3.63) is 46.2 Å². The molecule has 24 heavy (non-hydrogen) atoms. The van der Waals surface area contributed by atoms with Crippen LogP contribution in [-0.4, -0.2) is 29.0 Å². The van der Waals surface area contributed by atoms with E-state index in [1.165, 1.54) is 0 Å². The predicted molar refractivity (Wildman–Crippen MR) is 99.2 cm³/mol. The van der Waals surface area contributed by atoms with Crippen molar-refractivity contribution in [3.8, 4) is 0 Å². The third-order valence-corrected chi connectivity index (χ3v) is 4.80. The Kier molecular flexibility index (Phi) is 5.14. The van der Waals surface area contributed by atoms with E-state index >= 15 is 0 Å². The van der Waals surface area contributed by atoms with Crippen LogP contribution in [0.15, 0.2) is 34.9 Å². The van der Waals surface area contributed by atoms with Crippen LogP contribution in [0.1, 0.15) is 24.1 Å². The molecule has 0 saturated carbocycles. The Morgan fingerprint density at radius 3 is 2.92 bits per heavy atom. The molecule has 5 nitrogen and oxygen atoms in total. The first-order valence-corrected chi connectivity index (χ1v) is 8.94. The zero-order valence-electron chi connectivity index (χ0n) is 13.9. The summed E-state index contributed by atoms with van der Waals surface area (Å²) in [6.07, 6.45) is 3.63. The average Bonchev–Trinajstić information content (AvgIpc) is 2.57. The largest absolute Gasteiger partial charge is 0.340 e. The Morgan fingerprint density at radius 1 is 1.33 bits per heavy atom. The molecule has 2 aromatic rings. The molecule has 126 valence electrons. The van der Waals surface area contributed by atoms with Gasteiger partial charge in [0.25, 0.3) is 0 Å². The highest BCUT2D eigenvalue weighted by molar-refractivity contribution is 9.10. The molecule has 1 aliphatic rings. The topological polar surface area (TPSA) is 58.1 Å². The molecule has 1 aromatic heterocycles. The molecule has 3 rings (SSSR count). The maximum atomic E-state index is 12.7. The van der Waals surface area contributed by atoms with Gasteiger partial charge in [-0.25, -0.2) is 9.97 Å². The van der Waals surface area contributed by atoms with E-state index in [0.717, 1.165) is 40.8 Å². The predicted octanol–water partition coefficient (Wildman–Crippen LogP) is 3.71. The van der Waals surface area contributed by atoms with E-state index in [-0.39, 0.29) is 11.8 Å². The van der Waals surface area contributed by atoms with Crippen LogP contribution in [0.3, 0.4) is 0 Å². The van der Waals surface area contributed by atoms with E-state index in [9.17, 15) is 4.79 Å². The fourth-order valence-electron chi connectivity index (χ4n) is 2.96. The van der Waals surface area contributed by atoms with Crippen LogP contribution in [0.5, 0.6) is 0 Å². The lowest BCUT2D eigenvalue weighted by Gasteiger charge is -2.32. The quantitative estimate of drug-likeness (QED) is 0.870.